The maximum Gasteiger partial charge on any atom is 0.163 e. The van der Waals surface area contributed by atoms with Crippen LogP contribution in [0.1, 0.15) is 18.1 Å². The van der Waals surface area contributed by atoms with Gasteiger partial charge in [-0.1, -0.05) is 72.9 Å². The molecule has 0 unspecified atom stereocenters. The highest BCUT2D eigenvalue weighted by Crippen LogP contribution is 2.37. The molecule has 0 fully saturated rings. The second-order valence-electron chi connectivity index (χ2n) is 4.59. The van der Waals surface area contributed by atoms with E-state index < -0.39 is 5.54 Å². The van der Waals surface area contributed by atoms with Crippen molar-refractivity contribution in [1.82, 2.24) is 5.32 Å². The third kappa shape index (κ3) is 1.87. The molecule has 0 saturated carbocycles. The molecule has 1 aliphatic heterocycles. The van der Waals surface area contributed by atoms with E-state index >= 15 is 0 Å². The Bertz CT molecular complexity index is 593. The molecule has 3 heteroatoms. The van der Waals surface area contributed by atoms with Gasteiger partial charge in [0.1, 0.15) is 10.8 Å². The second kappa shape index (κ2) is 4.59. The lowest BCUT2D eigenvalue weighted by molar-refractivity contribution is 0.753. The van der Waals surface area contributed by atoms with Crippen molar-refractivity contribution in [3.05, 3.63) is 71.8 Å². The molecular formula is C16H14N2S. The summed E-state index contributed by atoms with van der Waals surface area (Å²) in [5, 5.41) is 3.19. The topological polar surface area (TPSA) is 24.4 Å². The summed E-state index contributed by atoms with van der Waals surface area (Å²) < 4.78 is 0. The lowest BCUT2D eigenvalue weighted by atomic mass is 9.84. The highest BCUT2D eigenvalue weighted by molar-refractivity contribution is 7.80. The van der Waals surface area contributed by atoms with E-state index in [1.807, 2.05) is 43.3 Å². The van der Waals surface area contributed by atoms with Gasteiger partial charge in [0.05, 0.1) is 0 Å². The number of rotatable bonds is 2. The Morgan fingerprint density at radius 1 is 0.895 bits per heavy atom. The number of benzene rings is 2. The maximum absolute atomic E-state index is 5.57. The Balaban J connectivity index is 2.26. The van der Waals surface area contributed by atoms with E-state index in [2.05, 4.69) is 29.6 Å². The van der Waals surface area contributed by atoms with Crippen LogP contribution in [0.25, 0.3) is 0 Å². The molecule has 1 aliphatic rings. The second-order valence-corrected chi connectivity index (χ2v) is 5.00. The van der Waals surface area contributed by atoms with Gasteiger partial charge in [0.2, 0.25) is 0 Å². The Hall–Kier alpha value is -2.00. The summed E-state index contributed by atoms with van der Waals surface area (Å²) in [5.74, 6) is 0.859. The highest BCUT2D eigenvalue weighted by atomic mass is 32.1. The molecule has 0 aromatic heterocycles. The number of hydrogen-bond acceptors (Lipinski definition) is 2. The van der Waals surface area contributed by atoms with Gasteiger partial charge in [-0.15, -0.1) is 0 Å². The van der Waals surface area contributed by atoms with E-state index in [-0.39, 0.29) is 0 Å². The van der Waals surface area contributed by atoms with Crippen molar-refractivity contribution in [2.24, 2.45) is 4.99 Å². The van der Waals surface area contributed by atoms with Gasteiger partial charge < -0.3 is 5.32 Å². The van der Waals surface area contributed by atoms with Gasteiger partial charge in [-0.05, 0) is 18.1 Å². The Kier molecular flexibility index (Phi) is 2.91. The maximum atomic E-state index is 5.57. The first-order chi connectivity index (χ1) is 9.23. The van der Waals surface area contributed by atoms with Gasteiger partial charge in [0, 0.05) is 0 Å². The summed E-state index contributed by atoms with van der Waals surface area (Å²) >= 11 is 5.57. The van der Waals surface area contributed by atoms with Crippen molar-refractivity contribution >= 4 is 23.0 Å². The average molecular weight is 266 g/mol. The Labute approximate surface area is 118 Å². The SMILES string of the molecule is CC1=NC(c2ccccc2)(c2ccccc2)C(=S)N1. The minimum atomic E-state index is -0.581. The first-order valence-electron chi connectivity index (χ1n) is 6.22. The molecule has 0 radical (unpaired) electrons. The highest BCUT2D eigenvalue weighted by Gasteiger charge is 2.42. The van der Waals surface area contributed by atoms with Crippen molar-refractivity contribution in [2.75, 3.05) is 0 Å². The normalized spacial score (nSPS) is 16.9. The number of aliphatic imine (C=N–C) groups is 1. The van der Waals surface area contributed by atoms with E-state index in [0.29, 0.717) is 0 Å². The third-order valence-corrected chi connectivity index (χ3v) is 3.74. The quantitative estimate of drug-likeness (QED) is 0.844. The minimum absolute atomic E-state index is 0.581. The standard InChI is InChI=1S/C16H14N2S/c1-12-17-15(19)16(18-12,13-8-4-2-5-9-13)14-10-6-3-7-11-14/h2-11H,1H3,(H,17,18,19). The van der Waals surface area contributed by atoms with Gasteiger partial charge in [-0.2, -0.15) is 0 Å². The minimum Gasteiger partial charge on any atom is -0.336 e. The zero-order valence-electron chi connectivity index (χ0n) is 10.6. The van der Waals surface area contributed by atoms with Crippen LogP contribution >= 0.6 is 12.2 Å². The molecular weight excluding hydrogens is 252 g/mol. The molecule has 2 aromatic carbocycles. The van der Waals surface area contributed by atoms with E-state index in [1.54, 1.807) is 0 Å². The predicted octanol–water partition coefficient (Wildman–Crippen LogP) is 3.28. The van der Waals surface area contributed by atoms with Crippen LogP contribution in [0.15, 0.2) is 65.7 Å². The summed E-state index contributed by atoms with van der Waals surface area (Å²) in [6.45, 7) is 1.94. The first kappa shape index (κ1) is 12.1. The van der Waals surface area contributed by atoms with E-state index in [9.17, 15) is 0 Å². The lowest BCUT2D eigenvalue weighted by Crippen LogP contribution is -2.36. The molecule has 0 bridgehead atoms. The van der Waals surface area contributed by atoms with Crippen LogP contribution in [0.4, 0.5) is 0 Å². The fraction of sp³-hybridized carbons (Fsp3) is 0.125. The van der Waals surface area contributed by atoms with Crippen molar-refractivity contribution in [3.63, 3.8) is 0 Å². The monoisotopic (exact) mass is 266 g/mol. The predicted molar refractivity (Wildman–Crippen MR) is 82.5 cm³/mol. The number of thiocarbonyl (C=S) groups is 1. The third-order valence-electron chi connectivity index (χ3n) is 3.34. The molecule has 2 nitrogen and oxygen atoms in total. The number of hydrogen-bond donors (Lipinski definition) is 1. The zero-order valence-corrected chi connectivity index (χ0v) is 11.4. The van der Waals surface area contributed by atoms with Gasteiger partial charge >= 0.3 is 0 Å². The summed E-state index contributed by atoms with van der Waals surface area (Å²) in [5.41, 5.74) is 1.60. The van der Waals surface area contributed by atoms with Crippen LogP contribution in [-0.4, -0.2) is 10.8 Å². The summed E-state index contributed by atoms with van der Waals surface area (Å²) in [6, 6.07) is 20.4. The van der Waals surface area contributed by atoms with Crippen molar-refractivity contribution < 1.29 is 0 Å². The molecule has 0 spiro atoms. The molecule has 94 valence electrons. The first-order valence-corrected chi connectivity index (χ1v) is 6.63. The molecule has 3 rings (SSSR count). The van der Waals surface area contributed by atoms with Gasteiger partial charge in [0.25, 0.3) is 0 Å². The van der Waals surface area contributed by atoms with E-state index in [1.165, 1.54) is 0 Å². The van der Waals surface area contributed by atoms with Crippen molar-refractivity contribution in [2.45, 2.75) is 12.5 Å². The van der Waals surface area contributed by atoms with Crippen molar-refractivity contribution in [3.8, 4) is 0 Å². The van der Waals surface area contributed by atoms with Crippen LogP contribution in [-0.2, 0) is 5.54 Å². The van der Waals surface area contributed by atoms with Crippen LogP contribution in [0.2, 0.25) is 0 Å². The molecule has 0 amide bonds. The lowest BCUT2D eigenvalue weighted by Gasteiger charge is -2.26. The van der Waals surface area contributed by atoms with Crippen LogP contribution in [0.5, 0.6) is 0 Å². The zero-order chi connectivity index (χ0) is 13.3. The van der Waals surface area contributed by atoms with Crippen LogP contribution in [0.3, 0.4) is 0 Å². The van der Waals surface area contributed by atoms with E-state index in [0.717, 1.165) is 22.0 Å². The number of amidine groups is 1. The molecule has 0 saturated heterocycles. The average Bonchev–Trinajstić information content (AvgIpc) is 2.76. The smallest absolute Gasteiger partial charge is 0.163 e. The fourth-order valence-corrected chi connectivity index (χ4v) is 2.93. The van der Waals surface area contributed by atoms with Gasteiger partial charge in [-0.25, -0.2) is 4.99 Å². The molecule has 0 aliphatic carbocycles. The van der Waals surface area contributed by atoms with Crippen LogP contribution < -0.4 is 5.32 Å². The molecule has 0 atom stereocenters. The summed E-state index contributed by atoms with van der Waals surface area (Å²) in [4.78, 5) is 5.54. The summed E-state index contributed by atoms with van der Waals surface area (Å²) in [6.07, 6.45) is 0. The number of nitrogens with zero attached hydrogens (tertiary/aromatic N) is 1. The molecule has 1 heterocycles. The summed E-state index contributed by atoms with van der Waals surface area (Å²) in [7, 11) is 0. The van der Waals surface area contributed by atoms with Gasteiger partial charge in [0.15, 0.2) is 5.54 Å². The largest absolute Gasteiger partial charge is 0.336 e. The molecule has 19 heavy (non-hydrogen) atoms. The van der Waals surface area contributed by atoms with E-state index in [4.69, 9.17) is 17.2 Å². The molecule has 2 aromatic rings. The Morgan fingerprint density at radius 2 is 1.37 bits per heavy atom. The molecule has 1 N–H and O–H groups in total. The fourth-order valence-electron chi connectivity index (χ4n) is 2.50. The van der Waals surface area contributed by atoms with Crippen LogP contribution in [0, 0.1) is 0 Å². The van der Waals surface area contributed by atoms with Crippen molar-refractivity contribution in [1.29, 1.82) is 0 Å². The van der Waals surface area contributed by atoms with Gasteiger partial charge in [-0.3, -0.25) is 0 Å². The Morgan fingerprint density at radius 3 is 1.74 bits per heavy atom. The number of nitrogens with one attached hydrogen (secondary N) is 1.